The number of aromatic nitrogens is 3. The highest BCUT2D eigenvalue weighted by Gasteiger charge is 2.25. The van der Waals surface area contributed by atoms with Gasteiger partial charge in [0.15, 0.2) is 5.65 Å². The molecule has 2 aromatic heterocycles. The van der Waals surface area contributed by atoms with Crippen molar-refractivity contribution in [3.8, 4) is 5.69 Å². The number of esters is 1. The molecule has 0 bridgehead atoms. The fourth-order valence-electron chi connectivity index (χ4n) is 3.81. The summed E-state index contributed by atoms with van der Waals surface area (Å²) in [7, 11) is 0. The van der Waals surface area contributed by atoms with E-state index in [1.807, 2.05) is 30.3 Å². The van der Waals surface area contributed by atoms with Gasteiger partial charge in [-0.05, 0) is 45.4 Å². The maximum Gasteiger partial charge on any atom is 0.343 e. The second kappa shape index (κ2) is 8.62. The molecule has 8 nitrogen and oxygen atoms in total. The van der Waals surface area contributed by atoms with E-state index in [0.717, 1.165) is 31.6 Å². The Kier molecular flexibility index (Phi) is 5.76. The summed E-state index contributed by atoms with van der Waals surface area (Å²) in [6.07, 6.45) is 5.32. The van der Waals surface area contributed by atoms with E-state index in [2.05, 4.69) is 22.1 Å². The Hall–Kier alpha value is -3.26. The minimum Gasteiger partial charge on any atom is -0.462 e. The van der Waals surface area contributed by atoms with E-state index in [1.54, 1.807) is 11.5 Å². The third kappa shape index (κ3) is 3.66. The summed E-state index contributed by atoms with van der Waals surface area (Å²) in [6.45, 7) is 5.66. The number of anilines is 1. The fourth-order valence-corrected chi connectivity index (χ4v) is 3.81. The lowest BCUT2D eigenvalue weighted by Crippen LogP contribution is -2.42. The molecule has 0 radical (unpaired) electrons. The number of ether oxygens (including phenoxy) is 1. The molecule has 1 aromatic carbocycles. The number of nitrogens with one attached hydrogen (secondary N) is 1. The summed E-state index contributed by atoms with van der Waals surface area (Å²) in [6, 6.07) is 9.50. The van der Waals surface area contributed by atoms with Gasteiger partial charge in [0.25, 0.3) is 0 Å². The normalized spacial score (nSPS) is 16.0. The zero-order chi connectivity index (χ0) is 21.1. The van der Waals surface area contributed by atoms with Crippen LogP contribution in [0.5, 0.6) is 0 Å². The van der Waals surface area contributed by atoms with Gasteiger partial charge >= 0.3 is 5.97 Å². The van der Waals surface area contributed by atoms with Gasteiger partial charge in [-0.15, -0.1) is 0 Å². The van der Waals surface area contributed by atoms with Crippen LogP contribution in [0.2, 0.25) is 0 Å². The number of benzene rings is 1. The van der Waals surface area contributed by atoms with Crippen LogP contribution >= 0.6 is 0 Å². The van der Waals surface area contributed by atoms with Gasteiger partial charge < -0.3 is 14.2 Å². The standard InChI is InChI=1S/C22H25N5O3/c1-3-26(18-11-8-12-23-18)22-24-13-16-19(28)17(21(29)30-4-2)14-27(20(16)25-22)15-9-6-5-7-10-15/h5-7,9-10,13-14,18,23H,3-4,8,11-12H2,1-2H3. The summed E-state index contributed by atoms with van der Waals surface area (Å²) in [5.41, 5.74) is 0.791. The predicted molar refractivity (Wildman–Crippen MR) is 115 cm³/mol. The Labute approximate surface area is 174 Å². The number of pyridine rings is 1. The lowest BCUT2D eigenvalue weighted by Gasteiger charge is -2.28. The van der Waals surface area contributed by atoms with E-state index in [0.29, 0.717) is 11.6 Å². The lowest BCUT2D eigenvalue weighted by molar-refractivity contribution is 0.0524. The lowest BCUT2D eigenvalue weighted by atomic mass is 10.2. The Bertz CT molecular complexity index is 1110. The number of carbonyl (C=O) groups is 1. The van der Waals surface area contributed by atoms with Crippen LogP contribution in [0.25, 0.3) is 16.7 Å². The average molecular weight is 407 g/mol. The van der Waals surface area contributed by atoms with Crippen molar-refractivity contribution >= 4 is 23.0 Å². The van der Waals surface area contributed by atoms with Gasteiger partial charge in [-0.2, -0.15) is 4.98 Å². The van der Waals surface area contributed by atoms with Crippen molar-refractivity contribution in [2.24, 2.45) is 0 Å². The third-order valence-electron chi connectivity index (χ3n) is 5.27. The van der Waals surface area contributed by atoms with Crippen LogP contribution in [0.4, 0.5) is 5.95 Å². The second-order valence-corrected chi connectivity index (χ2v) is 7.10. The number of para-hydroxylation sites is 1. The van der Waals surface area contributed by atoms with Gasteiger partial charge in [-0.25, -0.2) is 9.78 Å². The van der Waals surface area contributed by atoms with Crippen molar-refractivity contribution < 1.29 is 9.53 Å². The zero-order valence-corrected chi connectivity index (χ0v) is 17.2. The first kappa shape index (κ1) is 20.0. The Balaban J connectivity index is 1.92. The molecule has 4 rings (SSSR count). The molecule has 1 fully saturated rings. The highest BCUT2D eigenvalue weighted by Crippen LogP contribution is 2.21. The molecule has 1 atom stereocenters. The second-order valence-electron chi connectivity index (χ2n) is 7.10. The molecule has 0 spiro atoms. The van der Waals surface area contributed by atoms with Crippen LogP contribution in [0.15, 0.2) is 47.5 Å². The number of carbonyl (C=O) groups excluding carboxylic acids is 1. The van der Waals surface area contributed by atoms with Crippen LogP contribution in [-0.2, 0) is 4.74 Å². The van der Waals surface area contributed by atoms with Crippen LogP contribution in [-0.4, -0.2) is 46.4 Å². The SMILES string of the molecule is CCOC(=O)c1cn(-c2ccccc2)c2nc(N(CC)C3CCCN3)ncc2c1=O. The molecule has 1 saturated heterocycles. The smallest absolute Gasteiger partial charge is 0.343 e. The molecule has 0 aliphatic carbocycles. The minimum atomic E-state index is -0.650. The quantitative estimate of drug-likeness (QED) is 0.628. The minimum absolute atomic E-state index is 0.0330. The van der Waals surface area contributed by atoms with Crippen LogP contribution in [0.3, 0.4) is 0 Å². The maximum absolute atomic E-state index is 13.0. The molecule has 30 heavy (non-hydrogen) atoms. The zero-order valence-electron chi connectivity index (χ0n) is 17.2. The van der Waals surface area contributed by atoms with E-state index in [9.17, 15) is 9.59 Å². The molecule has 156 valence electrons. The number of hydrogen-bond acceptors (Lipinski definition) is 7. The Morgan fingerprint density at radius 2 is 2.10 bits per heavy atom. The number of fused-ring (bicyclic) bond motifs is 1. The highest BCUT2D eigenvalue weighted by molar-refractivity contribution is 5.93. The molecule has 1 aliphatic rings. The van der Waals surface area contributed by atoms with Gasteiger partial charge in [-0.3, -0.25) is 10.1 Å². The number of hydrogen-bond donors (Lipinski definition) is 1. The van der Waals surface area contributed by atoms with Crippen molar-refractivity contribution in [3.63, 3.8) is 0 Å². The van der Waals surface area contributed by atoms with E-state index in [4.69, 9.17) is 9.72 Å². The topological polar surface area (TPSA) is 89.3 Å². The van der Waals surface area contributed by atoms with E-state index in [-0.39, 0.29) is 23.7 Å². The van der Waals surface area contributed by atoms with Crippen molar-refractivity contribution in [1.29, 1.82) is 0 Å². The first-order valence-electron chi connectivity index (χ1n) is 10.3. The van der Waals surface area contributed by atoms with Crippen LogP contribution in [0.1, 0.15) is 37.0 Å². The molecule has 0 amide bonds. The van der Waals surface area contributed by atoms with Crippen molar-refractivity contribution in [1.82, 2.24) is 19.9 Å². The number of nitrogens with zero attached hydrogens (tertiary/aromatic N) is 4. The molecule has 1 aliphatic heterocycles. The molecule has 1 unspecified atom stereocenters. The van der Waals surface area contributed by atoms with Gasteiger partial charge in [0, 0.05) is 24.6 Å². The first-order chi connectivity index (χ1) is 14.6. The predicted octanol–water partition coefficient (Wildman–Crippen LogP) is 2.49. The van der Waals surface area contributed by atoms with Crippen LogP contribution < -0.4 is 15.6 Å². The summed E-state index contributed by atoms with van der Waals surface area (Å²) >= 11 is 0. The van der Waals surface area contributed by atoms with Gasteiger partial charge in [0.05, 0.1) is 18.2 Å². The summed E-state index contributed by atoms with van der Waals surface area (Å²) < 4.78 is 6.84. The molecule has 1 N–H and O–H groups in total. The van der Waals surface area contributed by atoms with E-state index in [1.165, 1.54) is 12.4 Å². The number of rotatable bonds is 6. The van der Waals surface area contributed by atoms with Crippen LogP contribution in [0, 0.1) is 0 Å². The summed E-state index contributed by atoms with van der Waals surface area (Å²) in [5, 5.41) is 3.75. The van der Waals surface area contributed by atoms with Gasteiger partial charge in [0.1, 0.15) is 5.56 Å². The van der Waals surface area contributed by atoms with Crippen molar-refractivity contribution in [3.05, 3.63) is 58.5 Å². The van der Waals surface area contributed by atoms with Crippen molar-refractivity contribution in [2.45, 2.75) is 32.9 Å². The monoisotopic (exact) mass is 407 g/mol. The summed E-state index contributed by atoms with van der Waals surface area (Å²) in [5.74, 6) is -0.0964. The Morgan fingerprint density at radius 1 is 1.30 bits per heavy atom. The fraction of sp³-hybridized carbons (Fsp3) is 0.364. The molecule has 3 heterocycles. The highest BCUT2D eigenvalue weighted by atomic mass is 16.5. The van der Waals surface area contributed by atoms with E-state index >= 15 is 0 Å². The summed E-state index contributed by atoms with van der Waals surface area (Å²) in [4.78, 5) is 36.7. The van der Waals surface area contributed by atoms with Gasteiger partial charge in [-0.1, -0.05) is 18.2 Å². The molecule has 8 heteroatoms. The molecule has 0 saturated carbocycles. The molecule has 3 aromatic rings. The third-order valence-corrected chi connectivity index (χ3v) is 5.27. The molecular weight excluding hydrogens is 382 g/mol. The maximum atomic E-state index is 13.0. The average Bonchev–Trinajstić information content (AvgIpc) is 3.30. The first-order valence-corrected chi connectivity index (χ1v) is 10.3. The van der Waals surface area contributed by atoms with Crippen molar-refractivity contribution in [2.75, 3.05) is 24.6 Å². The largest absolute Gasteiger partial charge is 0.462 e. The van der Waals surface area contributed by atoms with Gasteiger partial charge in [0.2, 0.25) is 11.4 Å². The molecular formula is C22H25N5O3. The Morgan fingerprint density at radius 3 is 2.77 bits per heavy atom. The van der Waals surface area contributed by atoms with E-state index < -0.39 is 11.4 Å².